The summed E-state index contributed by atoms with van der Waals surface area (Å²) in [4.78, 5) is 14.1. The van der Waals surface area contributed by atoms with Gasteiger partial charge in [0.05, 0.1) is 6.42 Å². The quantitative estimate of drug-likeness (QED) is 0.565. The zero-order valence-corrected chi connectivity index (χ0v) is 12.9. The van der Waals surface area contributed by atoms with Crippen molar-refractivity contribution in [2.75, 3.05) is 25.9 Å². The number of amides is 1. The molecule has 0 spiro atoms. The normalized spacial score (nSPS) is 11.1. The molecule has 4 heteroatoms. The van der Waals surface area contributed by atoms with Crippen LogP contribution in [-0.4, -0.2) is 37.0 Å². The van der Waals surface area contributed by atoms with Crippen molar-refractivity contribution in [1.82, 2.24) is 10.2 Å². The third kappa shape index (κ3) is 6.57. The summed E-state index contributed by atoms with van der Waals surface area (Å²) in [6.07, 6.45) is 2.52. The number of nitrogen functional groups attached to an aromatic ring is 1. The number of benzene rings is 1. The van der Waals surface area contributed by atoms with Crippen molar-refractivity contribution in [3.63, 3.8) is 0 Å². The predicted molar refractivity (Wildman–Crippen MR) is 84.6 cm³/mol. The van der Waals surface area contributed by atoms with Gasteiger partial charge in [-0.15, -0.1) is 0 Å². The molecule has 0 bridgehead atoms. The Balaban J connectivity index is 2.15. The highest BCUT2D eigenvalue weighted by atomic mass is 16.1. The van der Waals surface area contributed by atoms with Gasteiger partial charge in [-0.3, -0.25) is 4.79 Å². The summed E-state index contributed by atoms with van der Waals surface area (Å²) < 4.78 is 0. The first-order chi connectivity index (χ1) is 9.49. The molecular weight excluding hydrogens is 250 g/mol. The van der Waals surface area contributed by atoms with Gasteiger partial charge >= 0.3 is 0 Å². The van der Waals surface area contributed by atoms with Crippen LogP contribution >= 0.6 is 0 Å². The van der Waals surface area contributed by atoms with Gasteiger partial charge in [-0.2, -0.15) is 0 Å². The van der Waals surface area contributed by atoms with Gasteiger partial charge in [0.2, 0.25) is 5.91 Å². The fourth-order valence-corrected chi connectivity index (χ4v) is 1.92. The lowest BCUT2D eigenvalue weighted by Crippen LogP contribution is -2.29. The minimum atomic E-state index is 0.0628. The third-order valence-electron chi connectivity index (χ3n) is 3.46. The van der Waals surface area contributed by atoms with Crippen molar-refractivity contribution in [3.8, 4) is 0 Å². The van der Waals surface area contributed by atoms with Crippen molar-refractivity contribution < 1.29 is 4.79 Å². The van der Waals surface area contributed by atoms with Crippen LogP contribution in [0.15, 0.2) is 24.3 Å². The number of hydrogen-bond acceptors (Lipinski definition) is 3. The third-order valence-corrected chi connectivity index (χ3v) is 3.46. The van der Waals surface area contributed by atoms with E-state index in [-0.39, 0.29) is 5.91 Å². The minimum absolute atomic E-state index is 0.0628. The first-order valence-corrected chi connectivity index (χ1v) is 7.30. The SMILES string of the molecule is CC(C)N(C)CCCCNC(=O)Cc1cccc(N)c1. The first-order valence-electron chi connectivity index (χ1n) is 7.30. The van der Waals surface area contributed by atoms with Crippen molar-refractivity contribution in [2.45, 2.75) is 39.2 Å². The Morgan fingerprint density at radius 1 is 1.35 bits per heavy atom. The molecular formula is C16H27N3O. The molecule has 0 aliphatic rings. The second-order valence-electron chi connectivity index (χ2n) is 5.55. The van der Waals surface area contributed by atoms with Crippen LogP contribution in [0.3, 0.4) is 0 Å². The Morgan fingerprint density at radius 2 is 2.10 bits per heavy atom. The first kappa shape index (κ1) is 16.5. The van der Waals surface area contributed by atoms with Crippen molar-refractivity contribution in [1.29, 1.82) is 0 Å². The van der Waals surface area contributed by atoms with Gasteiger partial charge in [-0.05, 0) is 58.0 Å². The lowest BCUT2D eigenvalue weighted by molar-refractivity contribution is -0.120. The van der Waals surface area contributed by atoms with Crippen LogP contribution in [0.25, 0.3) is 0 Å². The van der Waals surface area contributed by atoms with E-state index in [4.69, 9.17) is 5.73 Å². The van der Waals surface area contributed by atoms with Gasteiger partial charge in [0.1, 0.15) is 0 Å². The average molecular weight is 277 g/mol. The van der Waals surface area contributed by atoms with Gasteiger partial charge in [0.25, 0.3) is 0 Å². The second-order valence-corrected chi connectivity index (χ2v) is 5.55. The molecule has 0 aliphatic carbocycles. The number of rotatable bonds is 8. The molecule has 1 rings (SSSR count). The van der Waals surface area contributed by atoms with Crippen molar-refractivity contribution in [3.05, 3.63) is 29.8 Å². The molecule has 0 saturated carbocycles. The van der Waals surface area contributed by atoms with E-state index < -0.39 is 0 Å². The molecule has 0 radical (unpaired) electrons. The van der Waals surface area contributed by atoms with Crippen LogP contribution < -0.4 is 11.1 Å². The summed E-state index contributed by atoms with van der Waals surface area (Å²) in [7, 11) is 2.13. The zero-order valence-electron chi connectivity index (χ0n) is 12.9. The van der Waals surface area contributed by atoms with E-state index >= 15 is 0 Å². The number of nitrogens with one attached hydrogen (secondary N) is 1. The number of carbonyl (C=O) groups is 1. The highest BCUT2D eigenvalue weighted by molar-refractivity contribution is 5.78. The molecule has 20 heavy (non-hydrogen) atoms. The van der Waals surface area contributed by atoms with Crippen LogP contribution in [0.5, 0.6) is 0 Å². The second kappa shape index (κ2) is 8.59. The van der Waals surface area contributed by atoms with Gasteiger partial charge in [-0.25, -0.2) is 0 Å². The molecule has 1 amide bonds. The molecule has 0 unspecified atom stereocenters. The van der Waals surface area contributed by atoms with E-state index in [0.717, 1.165) is 31.5 Å². The number of unbranched alkanes of at least 4 members (excludes halogenated alkanes) is 1. The number of carbonyl (C=O) groups excluding carboxylic acids is 1. The average Bonchev–Trinajstić information content (AvgIpc) is 2.37. The molecule has 0 heterocycles. The van der Waals surface area contributed by atoms with Gasteiger partial charge in [0.15, 0.2) is 0 Å². The molecule has 1 aromatic carbocycles. The molecule has 112 valence electrons. The van der Waals surface area contributed by atoms with Crippen molar-refractivity contribution in [2.24, 2.45) is 0 Å². The smallest absolute Gasteiger partial charge is 0.224 e. The van der Waals surface area contributed by atoms with Crippen LogP contribution in [-0.2, 0) is 11.2 Å². The van der Waals surface area contributed by atoms with E-state index in [9.17, 15) is 4.79 Å². The summed E-state index contributed by atoms with van der Waals surface area (Å²) in [6, 6.07) is 8.05. The van der Waals surface area contributed by atoms with E-state index in [0.29, 0.717) is 18.2 Å². The van der Waals surface area contributed by atoms with Gasteiger partial charge in [0, 0.05) is 18.3 Å². The lowest BCUT2D eigenvalue weighted by atomic mass is 10.1. The number of nitrogens with zero attached hydrogens (tertiary/aromatic N) is 1. The molecule has 4 nitrogen and oxygen atoms in total. The largest absolute Gasteiger partial charge is 0.399 e. The van der Waals surface area contributed by atoms with Crippen molar-refractivity contribution >= 4 is 11.6 Å². The van der Waals surface area contributed by atoms with Crippen LogP contribution in [0.4, 0.5) is 5.69 Å². The zero-order chi connectivity index (χ0) is 15.0. The maximum Gasteiger partial charge on any atom is 0.224 e. The number of anilines is 1. The topological polar surface area (TPSA) is 58.4 Å². The monoisotopic (exact) mass is 277 g/mol. The highest BCUT2D eigenvalue weighted by Crippen LogP contribution is 2.07. The minimum Gasteiger partial charge on any atom is -0.399 e. The predicted octanol–water partition coefficient (Wildman–Crippen LogP) is 2.05. The fraction of sp³-hybridized carbons (Fsp3) is 0.562. The summed E-state index contributed by atoms with van der Waals surface area (Å²) >= 11 is 0. The molecule has 3 N–H and O–H groups in total. The Bertz CT molecular complexity index is 418. The molecule has 0 aliphatic heterocycles. The summed E-state index contributed by atoms with van der Waals surface area (Å²) in [5, 5.41) is 2.96. The maximum atomic E-state index is 11.8. The molecule has 0 saturated heterocycles. The fourth-order valence-electron chi connectivity index (χ4n) is 1.92. The van der Waals surface area contributed by atoms with E-state index in [2.05, 4.69) is 31.1 Å². The number of nitrogens with two attached hydrogens (primary N) is 1. The van der Waals surface area contributed by atoms with E-state index in [1.807, 2.05) is 24.3 Å². The molecule has 0 atom stereocenters. The lowest BCUT2D eigenvalue weighted by Gasteiger charge is -2.20. The van der Waals surface area contributed by atoms with Gasteiger partial charge < -0.3 is 16.0 Å². The molecule has 0 aromatic heterocycles. The standard InChI is InChI=1S/C16H27N3O/c1-13(2)19(3)10-5-4-9-18-16(20)12-14-7-6-8-15(17)11-14/h6-8,11,13H,4-5,9-10,12,17H2,1-3H3,(H,18,20). The highest BCUT2D eigenvalue weighted by Gasteiger charge is 2.04. The molecule has 1 aromatic rings. The maximum absolute atomic E-state index is 11.8. The Labute approximate surface area is 122 Å². The van der Waals surface area contributed by atoms with Gasteiger partial charge in [-0.1, -0.05) is 12.1 Å². The van der Waals surface area contributed by atoms with Crippen LogP contribution in [0.1, 0.15) is 32.3 Å². The summed E-state index contributed by atoms with van der Waals surface area (Å²) in [5.74, 6) is 0.0628. The molecule has 0 fully saturated rings. The Kier molecular flexibility index (Phi) is 7.09. The number of hydrogen-bond donors (Lipinski definition) is 2. The van der Waals surface area contributed by atoms with E-state index in [1.54, 1.807) is 0 Å². The van der Waals surface area contributed by atoms with Crippen LogP contribution in [0.2, 0.25) is 0 Å². The Hall–Kier alpha value is -1.55. The Morgan fingerprint density at radius 3 is 2.75 bits per heavy atom. The van der Waals surface area contributed by atoms with E-state index in [1.165, 1.54) is 0 Å². The summed E-state index contributed by atoms with van der Waals surface area (Å²) in [5.41, 5.74) is 7.35. The van der Waals surface area contributed by atoms with Crippen LogP contribution in [0, 0.1) is 0 Å². The summed E-state index contributed by atoms with van der Waals surface area (Å²) in [6.45, 7) is 6.19.